The topological polar surface area (TPSA) is 66.5 Å². The van der Waals surface area contributed by atoms with Crippen molar-refractivity contribution in [2.24, 2.45) is 0 Å². The zero-order chi connectivity index (χ0) is 10.7. The highest BCUT2D eigenvalue weighted by Crippen LogP contribution is 2.03. The predicted octanol–water partition coefficient (Wildman–Crippen LogP) is -1.29. The summed E-state index contributed by atoms with van der Waals surface area (Å²) in [6.45, 7) is 2.29. The molecule has 1 aliphatic rings. The summed E-state index contributed by atoms with van der Waals surface area (Å²) in [5.74, 6) is -0.0782. The highest BCUT2D eigenvalue weighted by molar-refractivity contribution is 7.84. The van der Waals surface area contributed by atoms with Gasteiger partial charge in [0.05, 0.1) is 13.1 Å². The Morgan fingerprint density at radius 3 is 2.36 bits per heavy atom. The van der Waals surface area contributed by atoms with Gasteiger partial charge in [0.2, 0.25) is 11.8 Å². The van der Waals surface area contributed by atoms with Crippen LogP contribution in [0, 0.1) is 0 Å². The van der Waals surface area contributed by atoms with E-state index in [-0.39, 0.29) is 30.9 Å². The van der Waals surface area contributed by atoms with E-state index in [0.717, 1.165) is 0 Å². The molecule has 0 aliphatic carbocycles. The fourth-order valence-electron chi connectivity index (χ4n) is 1.42. The highest BCUT2D eigenvalue weighted by Gasteiger charge is 2.26. The van der Waals surface area contributed by atoms with Crippen LogP contribution in [0.15, 0.2) is 0 Å². The Morgan fingerprint density at radius 2 is 1.93 bits per heavy atom. The Hall–Kier alpha value is -0.750. The third kappa shape index (κ3) is 3.19. The number of hydrogen-bond acceptors (Lipinski definition) is 4. The molecule has 1 saturated heterocycles. The standard InChI is InChI=1S/C8H14N2O3S/c1-6(5-14(2)13)10-3-7(11)9-8(12)4-10/h6H,3-5H2,1-2H3,(H,9,11,12). The Kier molecular flexibility index (Phi) is 3.77. The van der Waals surface area contributed by atoms with Gasteiger partial charge in [-0.15, -0.1) is 0 Å². The maximum atomic E-state index is 11.0. The Bertz CT molecular complexity index is 264. The number of imide groups is 1. The highest BCUT2D eigenvalue weighted by atomic mass is 32.2. The number of nitrogens with one attached hydrogen (secondary N) is 1. The first-order chi connectivity index (χ1) is 6.49. The Labute approximate surface area is 85.3 Å². The number of carbonyl (C=O) groups is 2. The molecule has 0 saturated carbocycles. The smallest absolute Gasteiger partial charge is 0.240 e. The van der Waals surface area contributed by atoms with Crippen LogP contribution in [-0.4, -0.2) is 52.1 Å². The fourth-order valence-corrected chi connectivity index (χ4v) is 2.31. The van der Waals surface area contributed by atoms with Crippen molar-refractivity contribution in [1.29, 1.82) is 0 Å². The molecule has 6 heteroatoms. The SMILES string of the molecule is CC(CS(C)=O)N1CC(=O)NC(=O)C1. The third-order valence-electron chi connectivity index (χ3n) is 2.07. The van der Waals surface area contributed by atoms with Gasteiger partial charge in [0.1, 0.15) is 0 Å². The molecule has 1 fully saturated rings. The van der Waals surface area contributed by atoms with Gasteiger partial charge in [-0.05, 0) is 6.92 Å². The summed E-state index contributed by atoms with van der Waals surface area (Å²) in [5.41, 5.74) is 0. The Balaban J connectivity index is 2.54. The van der Waals surface area contributed by atoms with Crippen LogP contribution in [0.2, 0.25) is 0 Å². The van der Waals surface area contributed by atoms with Gasteiger partial charge in [0, 0.05) is 28.9 Å². The van der Waals surface area contributed by atoms with Gasteiger partial charge < -0.3 is 0 Å². The van der Waals surface area contributed by atoms with Crippen LogP contribution in [0.3, 0.4) is 0 Å². The van der Waals surface area contributed by atoms with Gasteiger partial charge in [-0.25, -0.2) is 0 Å². The molecule has 1 rings (SSSR count). The number of piperazine rings is 1. The van der Waals surface area contributed by atoms with Crippen LogP contribution in [0.5, 0.6) is 0 Å². The number of rotatable bonds is 3. The average molecular weight is 218 g/mol. The van der Waals surface area contributed by atoms with E-state index in [1.54, 1.807) is 11.2 Å². The summed E-state index contributed by atoms with van der Waals surface area (Å²) >= 11 is 0. The molecular weight excluding hydrogens is 204 g/mol. The van der Waals surface area contributed by atoms with Crippen LogP contribution in [-0.2, 0) is 20.4 Å². The monoisotopic (exact) mass is 218 g/mol. The minimum atomic E-state index is -0.904. The van der Waals surface area contributed by atoms with E-state index in [4.69, 9.17) is 0 Å². The number of nitrogens with zero attached hydrogens (tertiary/aromatic N) is 1. The van der Waals surface area contributed by atoms with Crippen molar-refractivity contribution in [2.45, 2.75) is 13.0 Å². The molecule has 0 bridgehead atoms. The van der Waals surface area contributed by atoms with Gasteiger partial charge in [0.15, 0.2) is 0 Å². The summed E-state index contributed by atoms with van der Waals surface area (Å²) in [4.78, 5) is 23.8. The van der Waals surface area contributed by atoms with Crippen LogP contribution >= 0.6 is 0 Å². The van der Waals surface area contributed by atoms with Crippen LogP contribution < -0.4 is 5.32 Å². The van der Waals surface area contributed by atoms with Crippen molar-refractivity contribution in [3.63, 3.8) is 0 Å². The molecule has 2 unspecified atom stereocenters. The molecule has 1 aliphatic heterocycles. The van der Waals surface area contributed by atoms with E-state index in [2.05, 4.69) is 5.32 Å². The second-order valence-corrected chi connectivity index (χ2v) is 4.94. The summed E-state index contributed by atoms with van der Waals surface area (Å²) in [7, 11) is -0.904. The van der Waals surface area contributed by atoms with Crippen LogP contribution in [0.4, 0.5) is 0 Å². The van der Waals surface area contributed by atoms with Crippen molar-refractivity contribution in [3.05, 3.63) is 0 Å². The maximum absolute atomic E-state index is 11.0. The first-order valence-electron chi connectivity index (χ1n) is 4.36. The van der Waals surface area contributed by atoms with Gasteiger partial charge >= 0.3 is 0 Å². The molecule has 0 aromatic rings. The molecule has 0 radical (unpaired) electrons. The quantitative estimate of drug-likeness (QED) is 0.599. The lowest BCUT2D eigenvalue weighted by Crippen LogP contribution is -2.55. The van der Waals surface area contributed by atoms with E-state index in [0.29, 0.717) is 5.75 Å². The van der Waals surface area contributed by atoms with Gasteiger partial charge in [-0.1, -0.05) is 0 Å². The zero-order valence-electron chi connectivity index (χ0n) is 8.28. The fraction of sp³-hybridized carbons (Fsp3) is 0.750. The molecular formula is C8H14N2O3S. The van der Waals surface area contributed by atoms with Gasteiger partial charge in [-0.2, -0.15) is 0 Å². The van der Waals surface area contributed by atoms with E-state index in [9.17, 15) is 13.8 Å². The molecule has 2 amide bonds. The van der Waals surface area contributed by atoms with Crippen molar-refractivity contribution in [3.8, 4) is 0 Å². The van der Waals surface area contributed by atoms with Crippen molar-refractivity contribution >= 4 is 22.6 Å². The molecule has 80 valence electrons. The minimum absolute atomic E-state index is 0.00386. The lowest BCUT2D eigenvalue weighted by atomic mass is 10.2. The molecule has 5 nitrogen and oxygen atoms in total. The van der Waals surface area contributed by atoms with Crippen molar-refractivity contribution < 1.29 is 13.8 Å². The number of carbonyl (C=O) groups excluding carboxylic acids is 2. The minimum Gasteiger partial charge on any atom is -0.294 e. The first kappa shape index (κ1) is 11.3. The molecule has 1 N–H and O–H groups in total. The van der Waals surface area contributed by atoms with Crippen LogP contribution in [0.25, 0.3) is 0 Å². The summed E-state index contributed by atoms with van der Waals surface area (Å²) in [6.07, 6.45) is 1.61. The van der Waals surface area contributed by atoms with E-state index in [1.807, 2.05) is 6.92 Å². The Morgan fingerprint density at radius 1 is 1.43 bits per heavy atom. The van der Waals surface area contributed by atoms with Crippen molar-refractivity contribution in [2.75, 3.05) is 25.1 Å². The molecule has 2 atom stereocenters. The molecule has 0 aromatic carbocycles. The summed E-state index contributed by atoms with van der Waals surface area (Å²) in [5, 5.41) is 2.22. The molecule has 0 aromatic heterocycles. The summed E-state index contributed by atoms with van der Waals surface area (Å²) < 4.78 is 11.0. The van der Waals surface area contributed by atoms with E-state index >= 15 is 0 Å². The molecule has 14 heavy (non-hydrogen) atoms. The lowest BCUT2D eigenvalue weighted by Gasteiger charge is -2.30. The number of hydrogen-bond donors (Lipinski definition) is 1. The van der Waals surface area contributed by atoms with Gasteiger partial charge in [-0.3, -0.25) is 24.0 Å². The molecule has 1 heterocycles. The second-order valence-electron chi connectivity index (χ2n) is 3.47. The third-order valence-corrected chi connectivity index (χ3v) is 3.02. The van der Waals surface area contributed by atoms with E-state index < -0.39 is 10.8 Å². The van der Waals surface area contributed by atoms with Crippen LogP contribution in [0.1, 0.15) is 6.92 Å². The average Bonchev–Trinajstić information content (AvgIpc) is 2.00. The van der Waals surface area contributed by atoms with E-state index in [1.165, 1.54) is 0 Å². The molecule has 0 spiro atoms. The maximum Gasteiger partial charge on any atom is 0.240 e. The number of amides is 2. The lowest BCUT2D eigenvalue weighted by molar-refractivity contribution is -0.136. The van der Waals surface area contributed by atoms with Crippen molar-refractivity contribution in [1.82, 2.24) is 10.2 Å². The second kappa shape index (κ2) is 4.65. The summed E-state index contributed by atoms with van der Waals surface area (Å²) in [6, 6.07) is -0.00386. The van der Waals surface area contributed by atoms with Gasteiger partial charge in [0.25, 0.3) is 0 Å². The zero-order valence-corrected chi connectivity index (χ0v) is 9.10. The first-order valence-corrected chi connectivity index (χ1v) is 6.08. The normalized spacial score (nSPS) is 23.0. The predicted molar refractivity (Wildman–Crippen MR) is 53.1 cm³/mol. The largest absolute Gasteiger partial charge is 0.294 e.